The molecule has 30 heavy (non-hydrogen) atoms. The minimum atomic E-state index is -3.23. The lowest BCUT2D eigenvalue weighted by Crippen LogP contribution is -2.39. The number of ether oxygens (including phenoxy) is 1. The van der Waals surface area contributed by atoms with E-state index in [1.807, 2.05) is 12.4 Å². The smallest absolute Gasteiger partial charge is 0.211 e. The maximum atomic E-state index is 12.2. The van der Waals surface area contributed by atoms with Gasteiger partial charge in [-0.1, -0.05) is 6.07 Å². The van der Waals surface area contributed by atoms with Gasteiger partial charge in [0.05, 0.1) is 25.5 Å². The van der Waals surface area contributed by atoms with E-state index in [2.05, 4.69) is 40.4 Å². The van der Waals surface area contributed by atoms with Crippen molar-refractivity contribution in [3.8, 4) is 11.1 Å². The first-order chi connectivity index (χ1) is 14.4. The van der Waals surface area contributed by atoms with E-state index < -0.39 is 10.0 Å². The molecule has 0 aliphatic carbocycles. The standard InChI is InChI=1S/C22H26N4O3S/c1-14-10-24-22-18(14)9-17(11-25-22)16-7-15-3-5-26(30(2,27)28)12-20(15)19(8-16)21-13-29-6-4-23-21/h7-11,21,23H,3-6,12-13H2,1-2H3,(H,24,25)/t21-/m0/s1. The largest absolute Gasteiger partial charge is 0.378 e. The molecule has 0 unspecified atom stereocenters. The zero-order valence-electron chi connectivity index (χ0n) is 17.2. The Labute approximate surface area is 176 Å². The SMILES string of the molecule is Cc1c[nH]c2ncc(-c3cc4c(c([C@@H]5COCCN5)c3)CN(S(C)(=O)=O)CC4)cc12. The number of nitrogens with zero attached hydrogens (tertiary/aromatic N) is 2. The van der Waals surface area contributed by atoms with Crippen molar-refractivity contribution in [2.75, 3.05) is 32.6 Å². The van der Waals surface area contributed by atoms with Crippen molar-refractivity contribution in [3.05, 3.63) is 52.8 Å². The van der Waals surface area contributed by atoms with Crippen LogP contribution in [0.3, 0.4) is 0 Å². The van der Waals surface area contributed by atoms with E-state index in [9.17, 15) is 8.42 Å². The third-order valence-electron chi connectivity index (χ3n) is 6.18. The number of hydrogen-bond acceptors (Lipinski definition) is 5. The minimum absolute atomic E-state index is 0.0534. The molecular formula is C22H26N4O3S. The summed E-state index contributed by atoms with van der Waals surface area (Å²) in [5.41, 5.74) is 7.67. The van der Waals surface area contributed by atoms with Crippen molar-refractivity contribution in [2.24, 2.45) is 0 Å². The van der Waals surface area contributed by atoms with Gasteiger partial charge in [0.2, 0.25) is 10.0 Å². The van der Waals surface area contributed by atoms with Crippen LogP contribution in [-0.2, 0) is 27.7 Å². The molecular weight excluding hydrogens is 400 g/mol. The topological polar surface area (TPSA) is 87.3 Å². The number of aromatic amines is 1. The average Bonchev–Trinajstić information content (AvgIpc) is 3.12. The molecule has 1 fully saturated rings. The molecule has 0 amide bonds. The van der Waals surface area contributed by atoms with Crippen LogP contribution in [0.1, 0.15) is 28.3 Å². The third kappa shape index (κ3) is 3.54. The summed E-state index contributed by atoms with van der Waals surface area (Å²) in [5, 5.41) is 4.66. The molecule has 1 atom stereocenters. The Hall–Kier alpha value is -2.26. The van der Waals surface area contributed by atoms with Gasteiger partial charge >= 0.3 is 0 Å². The predicted molar refractivity (Wildman–Crippen MR) is 117 cm³/mol. The van der Waals surface area contributed by atoms with Gasteiger partial charge in [-0.3, -0.25) is 0 Å². The first-order valence-corrected chi connectivity index (χ1v) is 12.1. The normalized spacial score (nSPS) is 20.4. The van der Waals surface area contributed by atoms with Crippen LogP contribution in [-0.4, -0.2) is 55.3 Å². The monoisotopic (exact) mass is 426 g/mol. The van der Waals surface area contributed by atoms with Gasteiger partial charge in [0.1, 0.15) is 5.65 Å². The highest BCUT2D eigenvalue weighted by molar-refractivity contribution is 7.88. The highest BCUT2D eigenvalue weighted by Crippen LogP contribution is 2.35. The Balaban J connectivity index is 1.63. The molecule has 1 aromatic carbocycles. The minimum Gasteiger partial charge on any atom is -0.378 e. The average molecular weight is 427 g/mol. The summed E-state index contributed by atoms with van der Waals surface area (Å²) < 4.78 is 31.6. The van der Waals surface area contributed by atoms with Crippen LogP contribution in [0, 0.1) is 6.92 Å². The van der Waals surface area contributed by atoms with E-state index in [-0.39, 0.29) is 6.04 Å². The van der Waals surface area contributed by atoms with Gasteiger partial charge < -0.3 is 15.0 Å². The zero-order valence-corrected chi connectivity index (χ0v) is 18.1. The van der Waals surface area contributed by atoms with Crippen LogP contribution >= 0.6 is 0 Å². The molecule has 0 saturated carbocycles. The Morgan fingerprint density at radius 1 is 1.23 bits per heavy atom. The van der Waals surface area contributed by atoms with Crippen LogP contribution < -0.4 is 5.32 Å². The van der Waals surface area contributed by atoms with Gasteiger partial charge in [-0.2, -0.15) is 4.31 Å². The molecule has 2 aliphatic rings. The van der Waals surface area contributed by atoms with Crippen LogP contribution in [0.4, 0.5) is 0 Å². The van der Waals surface area contributed by atoms with Gasteiger partial charge in [0.25, 0.3) is 0 Å². The van der Waals surface area contributed by atoms with Crippen molar-refractivity contribution in [2.45, 2.75) is 25.9 Å². The summed E-state index contributed by atoms with van der Waals surface area (Å²) in [6.07, 6.45) is 5.87. The van der Waals surface area contributed by atoms with Crippen LogP contribution in [0.5, 0.6) is 0 Å². The summed E-state index contributed by atoms with van der Waals surface area (Å²) in [6.45, 7) is 5.07. The molecule has 1 saturated heterocycles. The predicted octanol–water partition coefficient (Wildman–Crippen LogP) is 2.52. The highest BCUT2D eigenvalue weighted by Gasteiger charge is 2.29. The maximum Gasteiger partial charge on any atom is 0.211 e. The van der Waals surface area contributed by atoms with E-state index in [4.69, 9.17) is 4.74 Å². The summed E-state index contributed by atoms with van der Waals surface area (Å²) in [7, 11) is -3.23. The number of aryl methyl sites for hydroxylation is 1. The van der Waals surface area contributed by atoms with Gasteiger partial charge in [-0.05, 0) is 53.3 Å². The number of rotatable bonds is 3. The van der Waals surface area contributed by atoms with Crippen molar-refractivity contribution in [1.82, 2.24) is 19.6 Å². The molecule has 5 rings (SSSR count). The molecule has 3 aromatic rings. The number of H-pyrrole nitrogens is 1. The second-order valence-corrected chi connectivity index (χ2v) is 10.2. The number of benzene rings is 1. The first-order valence-electron chi connectivity index (χ1n) is 10.3. The lowest BCUT2D eigenvalue weighted by Gasteiger charge is -2.33. The van der Waals surface area contributed by atoms with Gasteiger partial charge in [-0.25, -0.2) is 13.4 Å². The van der Waals surface area contributed by atoms with Crippen LogP contribution in [0.15, 0.2) is 30.6 Å². The van der Waals surface area contributed by atoms with Crippen molar-refractivity contribution in [3.63, 3.8) is 0 Å². The van der Waals surface area contributed by atoms with E-state index in [1.165, 1.54) is 17.4 Å². The Morgan fingerprint density at radius 2 is 2.10 bits per heavy atom. The Bertz CT molecular complexity index is 1210. The van der Waals surface area contributed by atoms with E-state index in [0.29, 0.717) is 32.7 Å². The quantitative estimate of drug-likeness (QED) is 0.672. The van der Waals surface area contributed by atoms with E-state index in [1.54, 1.807) is 4.31 Å². The number of nitrogens with one attached hydrogen (secondary N) is 2. The number of pyridine rings is 1. The van der Waals surface area contributed by atoms with Crippen LogP contribution in [0.2, 0.25) is 0 Å². The Kier molecular flexibility index (Phi) is 4.89. The number of hydrogen-bond donors (Lipinski definition) is 2. The lowest BCUT2D eigenvalue weighted by atomic mass is 9.88. The maximum absolute atomic E-state index is 12.2. The molecule has 2 aromatic heterocycles. The van der Waals surface area contributed by atoms with Crippen molar-refractivity contribution in [1.29, 1.82) is 0 Å². The van der Waals surface area contributed by atoms with Gasteiger partial charge in [0, 0.05) is 43.0 Å². The molecule has 0 bridgehead atoms. The summed E-state index contributed by atoms with van der Waals surface area (Å²) >= 11 is 0. The van der Waals surface area contributed by atoms with Crippen molar-refractivity contribution < 1.29 is 13.2 Å². The number of aromatic nitrogens is 2. The highest BCUT2D eigenvalue weighted by atomic mass is 32.2. The molecule has 158 valence electrons. The molecule has 7 nitrogen and oxygen atoms in total. The molecule has 2 aliphatic heterocycles. The molecule has 4 heterocycles. The van der Waals surface area contributed by atoms with E-state index in [0.717, 1.165) is 39.8 Å². The number of fused-ring (bicyclic) bond motifs is 2. The Morgan fingerprint density at radius 3 is 2.87 bits per heavy atom. The fraction of sp³-hybridized carbons (Fsp3) is 0.409. The summed E-state index contributed by atoms with van der Waals surface area (Å²) in [4.78, 5) is 7.79. The third-order valence-corrected chi connectivity index (χ3v) is 7.43. The summed E-state index contributed by atoms with van der Waals surface area (Å²) in [5.74, 6) is 0. The van der Waals surface area contributed by atoms with Gasteiger partial charge in [0.15, 0.2) is 0 Å². The number of morpholine rings is 1. The fourth-order valence-corrected chi connectivity index (χ4v) is 5.28. The zero-order chi connectivity index (χ0) is 20.9. The lowest BCUT2D eigenvalue weighted by molar-refractivity contribution is 0.0764. The molecule has 2 N–H and O–H groups in total. The first kappa shape index (κ1) is 19.7. The second kappa shape index (κ2) is 7.46. The van der Waals surface area contributed by atoms with E-state index >= 15 is 0 Å². The summed E-state index contributed by atoms with van der Waals surface area (Å²) in [6, 6.07) is 6.61. The van der Waals surface area contributed by atoms with Crippen LogP contribution in [0.25, 0.3) is 22.2 Å². The fourth-order valence-electron chi connectivity index (χ4n) is 4.49. The molecule has 0 spiro atoms. The second-order valence-electron chi connectivity index (χ2n) is 8.22. The van der Waals surface area contributed by atoms with Gasteiger partial charge in [-0.15, -0.1) is 0 Å². The van der Waals surface area contributed by atoms with Crippen molar-refractivity contribution >= 4 is 21.1 Å². The molecule has 8 heteroatoms. The number of sulfonamides is 1. The molecule has 0 radical (unpaired) electrons.